The maximum atomic E-state index is 11.5. The summed E-state index contributed by atoms with van der Waals surface area (Å²) in [6, 6.07) is 0. The van der Waals surface area contributed by atoms with Crippen LogP contribution in [-0.2, 0) is 9.59 Å². The highest BCUT2D eigenvalue weighted by molar-refractivity contribution is 6.28. The number of carbonyl (C=O) groups is 2. The van der Waals surface area contributed by atoms with E-state index in [2.05, 4.69) is 20.8 Å². The zero-order valence-corrected chi connectivity index (χ0v) is 9.60. The number of rotatable bonds is 1. The van der Waals surface area contributed by atoms with Crippen molar-refractivity contribution >= 4 is 23.4 Å². The van der Waals surface area contributed by atoms with Crippen LogP contribution in [-0.4, -0.2) is 29.1 Å². The number of imide groups is 1. The molecule has 1 atom stereocenters. The Hall–Kier alpha value is -0.570. The molecule has 3 nitrogen and oxygen atoms in total. The summed E-state index contributed by atoms with van der Waals surface area (Å²) in [5.74, 6) is -0.219. The van der Waals surface area contributed by atoms with Crippen LogP contribution in [0.2, 0.25) is 0 Å². The first kappa shape index (κ1) is 11.5. The third kappa shape index (κ3) is 2.27. The van der Waals surface area contributed by atoms with Gasteiger partial charge >= 0.3 is 0 Å². The van der Waals surface area contributed by atoms with Crippen LogP contribution in [0.25, 0.3) is 0 Å². The van der Waals surface area contributed by atoms with Crippen molar-refractivity contribution in [1.29, 1.82) is 0 Å². The third-order valence-electron chi connectivity index (χ3n) is 2.77. The SMILES string of the molecule is CC(C)(C)C1CC(=O)N(C(=O)CCl)C1. The van der Waals surface area contributed by atoms with Gasteiger partial charge in [0, 0.05) is 13.0 Å². The number of carbonyl (C=O) groups excluding carboxylic acids is 2. The average Bonchev–Trinajstić information content (AvgIpc) is 2.45. The average molecular weight is 218 g/mol. The van der Waals surface area contributed by atoms with E-state index in [9.17, 15) is 9.59 Å². The fraction of sp³-hybridized carbons (Fsp3) is 0.800. The molecule has 0 spiro atoms. The first-order valence-electron chi connectivity index (χ1n) is 4.75. The lowest BCUT2D eigenvalue weighted by atomic mass is 9.80. The number of halogens is 1. The van der Waals surface area contributed by atoms with Crippen LogP contribution in [0.1, 0.15) is 27.2 Å². The molecular formula is C10H16ClNO2. The lowest BCUT2D eigenvalue weighted by Crippen LogP contribution is -2.34. The van der Waals surface area contributed by atoms with Crippen LogP contribution in [0.15, 0.2) is 0 Å². The normalized spacial score (nSPS) is 23.0. The highest BCUT2D eigenvalue weighted by atomic mass is 35.5. The van der Waals surface area contributed by atoms with Gasteiger partial charge in [0.1, 0.15) is 5.88 Å². The van der Waals surface area contributed by atoms with E-state index in [1.807, 2.05) is 0 Å². The van der Waals surface area contributed by atoms with Gasteiger partial charge in [-0.1, -0.05) is 20.8 Å². The quantitative estimate of drug-likeness (QED) is 0.627. The van der Waals surface area contributed by atoms with E-state index in [0.717, 1.165) is 0 Å². The van der Waals surface area contributed by atoms with Gasteiger partial charge in [-0.3, -0.25) is 14.5 Å². The number of amides is 2. The second kappa shape index (κ2) is 3.89. The van der Waals surface area contributed by atoms with Crippen molar-refractivity contribution in [1.82, 2.24) is 4.90 Å². The van der Waals surface area contributed by atoms with Crippen LogP contribution >= 0.6 is 11.6 Å². The summed E-state index contributed by atoms with van der Waals surface area (Å²) in [5.41, 5.74) is 0.0665. The highest BCUT2D eigenvalue weighted by Gasteiger charge is 2.39. The number of likely N-dealkylation sites (tertiary alicyclic amines) is 1. The van der Waals surface area contributed by atoms with Crippen molar-refractivity contribution in [3.63, 3.8) is 0 Å². The molecule has 0 aliphatic carbocycles. The Morgan fingerprint density at radius 2 is 2.14 bits per heavy atom. The Morgan fingerprint density at radius 3 is 2.50 bits per heavy atom. The van der Waals surface area contributed by atoms with Gasteiger partial charge in [0.05, 0.1) is 0 Å². The molecule has 1 aliphatic heterocycles. The molecule has 0 radical (unpaired) electrons. The fourth-order valence-electron chi connectivity index (χ4n) is 1.60. The van der Waals surface area contributed by atoms with Crippen molar-refractivity contribution in [2.75, 3.05) is 12.4 Å². The zero-order valence-electron chi connectivity index (χ0n) is 8.84. The molecule has 2 amide bonds. The molecule has 1 unspecified atom stereocenters. The molecule has 4 heteroatoms. The van der Waals surface area contributed by atoms with Gasteiger partial charge in [-0.25, -0.2) is 0 Å². The minimum atomic E-state index is -0.275. The van der Waals surface area contributed by atoms with Crippen LogP contribution in [0.3, 0.4) is 0 Å². The number of nitrogens with zero attached hydrogens (tertiary/aromatic N) is 1. The Balaban J connectivity index is 2.70. The van der Waals surface area contributed by atoms with E-state index < -0.39 is 0 Å². The molecule has 80 valence electrons. The van der Waals surface area contributed by atoms with E-state index in [-0.39, 0.29) is 29.0 Å². The van der Waals surface area contributed by atoms with Crippen molar-refractivity contribution in [2.24, 2.45) is 11.3 Å². The van der Waals surface area contributed by atoms with Gasteiger partial charge in [0.2, 0.25) is 11.8 Å². The Morgan fingerprint density at radius 1 is 1.57 bits per heavy atom. The molecule has 0 saturated carbocycles. The van der Waals surface area contributed by atoms with Crippen molar-refractivity contribution < 1.29 is 9.59 Å². The smallest absolute Gasteiger partial charge is 0.244 e. The first-order chi connectivity index (χ1) is 6.36. The molecular weight excluding hydrogens is 202 g/mol. The van der Waals surface area contributed by atoms with Crippen molar-refractivity contribution in [3.05, 3.63) is 0 Å². The minimum absolute atomic E-state index is 0.0665. The third-order valence-corrected chi connectivity index (χ3v) is 2.99. The summed E-state index contributed by atoms with van der Waals surface area (Å²) in [6.07, 6.45) is 0.464. The van der Waals surface area contributed by atoms with Crippen LogP contribution < -0.4 is 0 Å². The predicted molar refractivity (Wildman–Crippen MR) is 55.0 cm³/mol. The van der Waals surface area contributed by atoms with Gasteiger partial charge in [0.25, 0.3) is 0 Å². The van der Waals surface area contributed by atoms with E-state index in [1.54, 1.807) is 0 Å². The monoisotopic (exact) mass is 217 g/mol. The summed E-state index contributed by atoms with van der Waals surface area (Å²) in [7, 11) is 0. The Bertz CT molecular complexity index is 257. The van der Waals surface area contributed by atoms with E-state index in [0.29, 0.717) is 13.0 Å². The second-order valence-electron chi connectivity index (χ2n) is 4.80. The summed E-state index contributed by atoms with van der Waals surface area (Å²) < 4.78 is 0. The Kier molecular flexibility index (Phi) is 3.20. The van der Waals surface area contributed by atoms with Gasteiger partial charge < -0.3 is 0 Å². The zero-order chi connectivity index (χ0) is 10.9. The lowest BCUT2D eigenvalue weighted by Gasteiger charge is -2.25. The summed E-state index contributed by atoms with van der Waals surface area (Å²) in [6.45, 7) is 6.77. The molecule has 1 aliphatic rings. The maximum absolute atomic E-state index is 11.5. The second-order valence-corrected chi connectivity index (χ2v) is 5.07. The van der Waals surface area contributed by atoms with Gasteiger partial charge in [0.15, 0.2) is 0 Å². The molecule has 1 fully saturated rings. The van der Waals surface area contributed by atoms with E-state index in [4.69, 9.17) is 11.6 Å². The van der Waals surface area contributed by atoms with E-state index in [1.165, 1.54) is 4.90 Å². The van der Waals surface area contributed by atoms with Gasteiger partial charge in [-0.15, -0.1) is 11.6 Å². The number of hydrogen-bond acceptors (Lipinski definition) is 2. The number of hydrogen-bond donors (Lipinski definition) is 0. The van der Waals surface area contributed by atoms with Crippen molar-refractivity contribution in [3.8, 4) is 0 Å². The predicted octanol–water partition coefficient (Wildman–Crippen LogP) is 1.65. The molecule has 0 aromatic heterocycles. The first-order valence-corrected chi connectivity index (χ1v) is 5.29. The van der Waals surface area contributed by atoms with Crippen molar-refractivity contribution in [2.45, 2.75) is 27.2 Å². The molecule has 0 N–H and O–H groups in total. The standard InChI is InChI=1S/C10H16ClNO2/c1-10(2,3)7-4-8(13)12(6-7)9(14)5-11/h7H,4-6H2,1-3H3. The molecule has 1 rings (SSSR count). The lowest BCUT2D eigenvalue weighted by molar-refractivity contribution is -0.140. The molecule has 0 aromatic carbocycles. The number of alkyl halides is 1. The summed E-state index contributed by atoms with van der Waals surface area (Å²) in [5, 5.41) is 0. The molecule has 14 heavy (non-hydrogen) atoms. The fourth-order valence-corrected chi connectivity index (χ4v) is 1.75. The maximum Gasteiger partial charge on any atom is 0.244 e. The summed E-state index contributed by atoms with van der Waals surface area (Å²) >= 11 is 5.42. The molecule has 1 saturated heterocycles. The largest absolute Gasteiger partial charge is 0.281 e. The van der Waals surface area contributed by atoms with Gasteiger partial charge in [-0.05, 0) is 11.3 Å². The summed E-state index contributed by atoms with van der Waals surface area (Å²) in [4.78, 5) is 24.0. The molecule has 1 heterocycles. The topological polar surface area (TPSA) is 37.4 Å². The van der Waals surface area contributed by atoms with Crippen LogP contribution in [0, 0.1) is 11.3 Å². The minimum Gasteiger partial charge on any atom is -0.281 e. The van der Waals surface area contributed by atoms with E-state index >= 15 is 0 Å². The molecule has 0 bridgehead atoms. The Labute approximate surface area is 89.4 Å². The highest BCUT2D eigenvalue weighted by Crippen LogP contribution is 2.34. The van der Waals surface area contributed by atoms with Crippen LogP contribution in [0.4, 0.5) is 0 Å². The molecule has 0 aromatic rings. The van der Waals surface area contributed by atoms with Crippen LogP contribution in [0.5, 0.6) is 0 Å². The van der Waals surface area contributed by atoms with Gasteiger partial charge in [-0.2, -0.15) is 0 Å².